The molecule has 53 heavy (non-hydrogen) atoms. The Morgan fingerprint density at radius 3 is 2.55 bits per heavy atom. The van der Waals surface area contributed by atoms with Crippen molar-refractivity contribution in [2.45, 2.75) is 71.0 Å². The van der Waals surface area contributed by atoms with Gasteiger partial charge in [-0.15, -0.1) is 23.5 Å². The second-order valence-corrected chi connectivity index (χ2v) is 19.1. The zero-order valence-electron chi connectivity index (χ0n) is 30.4. The minimum absolute atomic E-state index is 0.0112. The van der Waals surface area contributed by atoms with E-state index < -0.39 is 0 Å². The fourth-order valence-electron chi connectivity index (χ4n) is 12.0. The Balaban J connectivity index is 1.10. The number of hydrogen-bond acceptors (Lipinski definition) is 2. The zero-order valence-corrected chi connectivity index (χ0v) is 32.1. The minimum Gasteiger partial charge on any atom is -0.317 e. The Morgan fingerprint density at radius 1 is 0.792 bits per heavy atom. The number of rotatable bonds is 3. The lowest BCUT2D eigenvalue weighted by atomic mass is 9.47. The van der Waals surface area contributed by atoms with Gasteiger partial charge >= 0.3 is 0 Å². The maximum Gasteiger partial charge on any atom is 0.0534 e. The Labute approximate surface area is 323 Å². The van der Waals surface area contributed by atoms with Crippen molar-refractivity contribution in [3.05, 3.63) is 174 Å². The first-order valence-corrected chi connectivity index (χ1v) is 21.9. The molecule has 11 rings (SSSR count). The molecule has 3 aromatic carbocycles. The fourth-order valence-corrected chi connectivity index (χ4v) is 15.5. The molecule has 2 aliphatic heterocycles. The molecule has 1 spiro atoms. The van der Waals surface area contributed by atoms with Gasteiger partial charge in [-0.1, -0.05) is 146 Å². The van der Waals surface area contributed by atoms with E-state index in [4.69, 9.17) is 0 Å². The number of allylic oxidation sites excluding steroid dienone is 11. The molecule has 0 bridgehead atoms. The molecule has 264 valence electrons. The lowest BCUT2D eigenvalue weighted by molar-refractivity contribution is 0.0935. The number of aromatic nitrogens is 1. The van der Waals surface area contributed by atoms with Gasteiger partial charge in [-0.05, 0) is 85.1 Å². The van der Waals surface area contributed by atoms with E-state index in [0.29, 0.717) is 51.3 Å². The summed E-state index contributed by atoms with van der Waals surface area (Å²) in [6, 6.07) is 30.4. The highest BCUT2D eigenvalue weighted by Gasteiger charge is 2.64. The molecular formula is C50H47NS2. The van der Waals surface area contributed by atoms with Crippen molar-refractivity contribution in [1.29, 1.82) is 0 Å². The number of fused-ring (bicyclic) bond motifs is 11. The molecule has 5 aliphatic carbocycles. The summed E-state index contributed by atoms with van der Waals surface area (Å²) < 4.78 is 2.64. The highest BCUT2D eigenvalue weighted by Crippen LogP contribution is 2.69. The summed E-state index contributed by atoms with van der Waals surface area (Å²) in [4.78, 5) is 1.54. The van der Waals surface area contributed by atoms with Crippen LogP contribution in [0.2, 0.25) is 0 Å². The van der Waals surface area contributed by atoms with E-state index in [1.165, 1.54) is 44.7 Å². The first kappa shape index (κ1) is 32.5. The van der Waals surface area contributed by atoms with Crippen molar-refractivity contribution in [1.82, 2.24) is 4.57 Å². The van der Waals surface area contributed by atoms with Crippen LogP contribution in [0.5, 0.6) is 0 Å². The summed E-state index contributed by atoms with van der Waals surface area (Å²) in [6.45, 7) is 2.55. The summed E-state index contributed by atoms with van der Waals surface area (Å²) in [7, 11) is 0. The van der Waals surface area contributed by atoms with Gasteiger partial charge in [-0.25, -0.2) is 0 Å². The van der Waals surface area contributed by atoms with Crippen LogP contribution in [0.25, 0.3) is 22.7 Å². The molecule has 0 saturated carbocycles. The maximum absolute atomic E-state index is 2.91. The molecule has 3 heteroatoms. The van der Waals surface area contributed by atoms with E-state index in [1.54, 1.807) is 11.1 Å². The fraction of sp³-hybridized carbons (Fsp3) is 0.320. The van der Waals surface area contributed by atoms with E-state index >= 15 is 0 Å². The number of benzene rings is 3. The first-order chi connectivity index (χ1) is 26.2. The van der Waals surface area contributed by atoms with Crippen molar-refractivity contribution >= 4 is 46.2 Å². The molecule has 10 unspecified atom stereocenters. The number of para-hydroxylation sites is 1. The second-order valence-electron chi connectivity index (χ2n) is 16.5. The third kappa shape index (κ3) is 4.92. The minimum atomic E-state index is -0.0112. The smallest absolute Gasteiger partial charge is 0.0534 e. The van der Waals surface area contributed by atoms with E-state index in [0.717, 1.165) is 25.7 Å². The summed E-state index contributed by atoms with van der Waals surface area (Å²) in [5.41, 5.74) is 10.6. The van der Waals surface area contributed by atoms with Crippen LogP contribution >= 0.6 is 23.5 Å². The van der Waals surface area contributed by atoms with Crippen molar-refractivity contribution < 1.29 is 0 Å². The largest absolute Gasteiger partial charge is 0.317 e. The quantitative estimate of drug-likeness (QED) is 0.194. The lowest BCUT2D eigenvalue weighted by Gasteiger charge is -2.64. The van der Waals surface area contributed by atoms with Gasteiger partial charge in [0.15, 0.2) is 0 Å². The molecule has 1 nitrogen and oxygen atoms in total. The van der Waals surface area contributed by atoms with Crippen LogP contribution in [0.1, 0.15) is 60.9 Å². The van der Waals surface area contributed by atoms with Gasteiger partial charge in [-0.2, -0.15) is 0 Å². The monoisotopic (exact) mass is 725 g/mol. The number of nitrogens with zero attached hydrogens (tertiary/aromatic N) is 1. The van der Waals surface area contributed by atoms with Crippen molar-refractivity contribution in [3.63, 3.8) is 0 Å². The zero-order chi connectivity index (χ0) is 35.1. The molecule has 4 aromatic rings. The maximum atomic E-state index is 2.91. The van der Waals surface area contributed by atoms with Gasteiger partial charge < -0.3 is 4.57 Å². The van der Waals surface area contributed by atoms with Crippen molar-refractivity contribution in [2.24, 2.45) is 29.6 Å². The summed E-state index contributed by atoms with van der Waals surface area (Å²) in [5, 5.41) is 2.90. The van der Waals surface area contributed by atoms with Crippen LogP contribution < -0.4 is 0 Å². The third-order valence-corrected chi connectivity index (χ3v) is 16.9. The van der Waals surface area contributed by atoms with E-state index in [2.05, 4.69) is 187 Å². The Hall–Kier alpha value is -3.92. The van der Waals surface area contributed by atoms with Gasteiger partial charge in [-0.3, -0.25) is 0 Å². The van der Waals surface area contributed by atoms with Gasteiger partial charge in [0.05, 0.1) is 5.52 Å². The summed E-state index contributed by atoms with van der Waals surface area (Å²) in [6.07, 6.45) is 35.6. The van der Waals surface area contributed by atoms with E-state index in [9.17, 15) is 0 Å². The summed E-state index contributed by atoms with van der Waals surface area (Å²) >= 11 is 4.44. The number of thioether (sulfide) groups is 2. The highest BCUT2D eigenvalue weighted by atomic mass is 32.2. The van der Waals surface area contributed by atoms with Gasteiger partial charge in [0, 0.05) is 60.2 Å². The van der Waals surface area contributed by atoms with Gasteiger partial charge in [0.25, 0.3) is 0 Å². The molecular weight excluding hydrogens is 679 g/mol. The van der Waals surface area contributed by atoms with Gasteiger partial charge in [0.1, 0.15) is 0 Å². The molecule has 0 amide bonds. The topological polar surface area (TPSA) is 4.93 Å². The molecule has 3 heterocycles. The molecule has 1 aromatic heterocycles. The lowest BCUT2D eigenvalue weighted by Crippen LogP contribution is -2.63. The van der Waals surface area contributed by atoms with Crippen molar-refractivity contribution in [2.75, 3.05) is 0 Å². The van der Waals surface area contributed by atoms with Gasteiger partial charge in [0.2, 0.25) is 0 Å². The average molecular weight is 726 g/mol. The van der Waals surface area contributed by atoms with Crippen LogP contribution in [0, 0.1) is 29.6 Å². The van der Waals surface area contributed by atoms with Crippen LogP contribution in [-0.2, 0) is 11.8 Å². The molecule has 7 aliphatic rings. The third-order valence-electron chi connectivity index (χ3n) is 14.0. The predicted octanol–water partition coefficient (Wildman–Crippen LogP) is 12.6. The molecule has 1 fully saturated rings. The SMILES string of the molecule is CC1CC2Sc3ccccc3C3(C4C=CC=CC4SC4C=CCC(c5ccccc5)C43)C2C=C1C1C=Cc2c(n(C3=CC=CCC3)c3ccccc23)C1. The van der Waals surface area contributed by atoms with Crippen LogP contribution in [0.15, 0.2) is 156 Å². The average Bonchev–Trinajstić information content (AvgIpc) is 3.54. The van der Waals surface area contributed by atoms with E-state index in [-0.39, 0.29) is 5.41 Å². The Morgan fingerprint density at radius 2 is 1.64 bits per heavy atom. The van der Waals surface area contributed by atoms with Crippen molar-refractivity contribution in [3.8, 4) is 0 Å². The van der Waals surface area contributed by atoms with Crippen LogP contribution in [0.3, 0.4) is 0 Å². The molecule has 10 atom stereocenters. The van der Waals surface area contributed by atoms with Crippen LogP contribution in [0.4, 0.5) is 0 Å². The summed E-state index contributed by atoms with van der Waals surface area (Å²) in [5.74, 6) is 2.83. The molecule has 1 saturated heterocycles. The standard InChI is InChI=1S/C50H47NS2/c1-32-29-48-42(31-39(32)34-27-28-38-37-19-8-11-23-43(37)51(44(38)30-34)35-17-6-3-7-18-35)50(41-22-10-13-25-46(41)53-48)40-21-9-12-24-45(40)52-47-26-14-20-36(49(47)50)33-15-4-2-5-16-33/h2-6,8-17,19,21-28,31-32,34,36,40,42,45,47-49H,7,18,20,29-30H2,1H3. The number of hydrogen-bond donors (Lipinski definition) is 0. The van der Waals surface area contributed by atoms with Crippen LogP contribution in [-0.4, -0.2) is 20.3 Å². The highest BCUT2D eigenvalue weighted by molar-refractivity contribution is 8.01. The van der Waals surface area contributed by atoms with E-state index in [1.807, 2.05) is 0 Å². The second kappa shape index (κ2) is 12.8. The molecule has 0 N–H and O–H groups in total. The first-order valence-electron chi connectivity index (χ1n) is 20.1. The Kier molecular flexibility index (Phi) is 7.88. The predicted molar refractivity (Wildman–Crippen MR) is 227 cm³/mol. The normalized spacial score (nSPS) is 34.8. The Bertz CT molecular complexity index is 2310. The molecule has 0 radical (unpaired) electrons.